The van der Waals surface area contributed by atoms with Gasteiger partial charge in [-0.1, -0.05) is 12.1 Å². The first kappa shape index (κ1) is 10.4. The van der Waals surface area contributed by atoms with Crippen LogP contribution >= 0.6 is 0 Å². The topological polar surface area (TPSA) is 95.7 Å². The number of hydrogen-bond acceptors (Lipinski definition) is 4. The quantitative estimate of drug-likeness (QED) is 0.364. The molecule has 84 valence electrons. The van der Waals surface area contributed by atoms with Crippen molar-refractivity contribution in [3.8, 4) is 5.75 Å². The predicted octanol–water partition coefficient (Wildman–Crippen LogP) is -0.271. The Morgan fingerprint density at radius 1 is 1.31 bits per heavy atom. The zero-order valence-electron chi connectivity index (χ0n) is 8.38. The number of nitrogens with zero attached hydrogens (tertiary/aromatic N) is 1. The minimum Gasteiger partial charge on any atom is -0.508 e. The second-order valence-electron chi connectivity index (χ2n) is 3.58. The van der Waals surface area contributed by atoms with E-state index in [2.05, 4.69) is 5.32 Å². The van der Waals surface area contributed by atoms with E-state index >= 15 is 0 Å². The maximum Gasteiger partial charge on any atom is 0.339 e. The Bertz CT molecular complexity index is 429. The van der Waals surface area contributed by atoms with Gasteiger partial charge in [0.1, 0.15) is 11.8 Å². The molecule has 0 spiro atoms. The molecular formula is C10H11N3O3. The average Bonchev–Trinajstić information content (AvgIpc) is 2.50. The van der Waals surface area contributed by atoms with Crippen molar-refractivity contribution in [2.24, 2.45) is 5.84 Å². The molecule has 4 N–H and O–H groups in total. The van der Waals surface area contributed by atoms with Crippen molar-refractivity contribution < 1.29 is 14.7 Å². The monoisotopic (exact) mass is 221 g/mol. The van der Waals surface area contributed by atoms with Gasteiger partial charge < -0.3 is 10.4 Å². The number of nitrogens with one attached hydrogen (secondary N) is 1. The van der Waals surface area contributed by atoms with E-state index in [9.17, 15) is 9.59 Å². The molecule has 1 aromatic carbocycles. The van der Waals surface area contributed by atoms with Gasteiger partial charge >= 0.3 is 6.03 Å². The fourth-order valence-electron chi connectivity index (χ4n) is 1.55. The second-order valence-corrected chi connectivity index (χ2v) is 3.58. The van der Waals surface area contributed by atoms with Crippen molar-refractivity contribution in [1.82, 2.24) is 10.3 Å². The van der Waals surface area contributed by atoms with Gasteiger partial charge in [0.2, 0.25) is 0 Å². The molecule has 1 atom stereocenters. The van der Waals surface area contributed by atoms with Crippen LogP contribution in [-0.4, -0.2) is 28.1 Å². The van der Waals surface area contributed by atoms with Crippen LogP contribution < -0.4 is 11.2 Å². The Morgan fingerprint density at radius 3 is 2.44 bits per heavy atom. The van der Waals surface area contributed by atoms with Gasteiger partial charge in [0.05, 0.1) is 0 Å². The Balaban J connectivity index is 2.09. The molecule has 0 saturated carbocycles. The third kappa shape index (κ3) is 1.82. The Kier molecular flexibility index (Phi) is 2.49. The molecule has 3 amide bonds. The van der Waals surface area contributed by atoms with Crippen LogP contribution in [0.5, 0.6) is 5.75 Å². The van der Waals surface area contributed by atoms with Crippen LogP contribution in [0.2, 0.25) is 0 Å². The Labute approximate surface area is 91.6 Å². The molecule has 1 aliphatic heterocycles. The molecule has 1 unspecified atom stereocenters. The number of phenols is 1. The predicted molar refractivity (Wildman–Crippen MR) is 55.2 cm³/mol. The number of nitrogens with two attached hydrogens (primary N) is 1. The van der Waals surface area contributed by atoms with E-state index in [1.54, 1.807) is 12.1 Å². The molecule has 6 nitrogen and oxygen atoms in total. The van der Waals surface area contributed by atoms with Crippen LogP contribution in [0.25, 0.3) is 0 Å². The van der Waals surface area contributed by atoms with Crippen molar-refractivity contribution >= 4 is 11.9 Å². The summed E-state index contributed by atoms with van der Waals surface area (Å²) in [7, 11) is 0. The summed E-state index contributed by atoms with van der Waals surface area (Å²) in [5.74, 6) is 4.93. The first-order valence-corrected chi connectivity index (χ1v) is 4.75. The number of hydrogen-bond donors (Lipinski definition) is 3. The van der Waals surface area contributed by atoms with E-state index in [0.717, 1.165) is 5.56 Å². The van der Waals surface area contributed by atoms with E-state index in [1.807, 2.05) is 0 Å². The summed E-state index contributed by atoms with van der Waals surface area (Å²) in [5.41, 5.74) is 0.840. The summed E-state index contributed by atoms with van der Waals surface area (Å²) in [5, 5.41) is 12.1. The highest BCUT2D eigenvalue weighted by Crippen LogP contribution is 2.13. The van der Waals surface area contributed by atoms with Gasteiger partial charge in [0.25, 0.3) is 5.91 Å². The Morgan fingerprint density at radius 2 is 1.94 bits per heavy atom. The fraction of sp³-hybridized carbons (Fsp3) is 0.200. The summed E-state index contributed by atoms with van der Waals surface area (Å²) in [6, 6.07) is 5.21. The van der Waals surface area contributed by atoms with Crippen LogP contribution in [0.1, 0.15) is 5.56 Å². The number of imide groups is 1. The van der Waals surface area contributed by atoms with Gasteiger partial charge in [-0.05, 0) is 17.7 Å². The van der Waals surface area contributed by atoms with Crippen molar-refractivity contribution in [2.75, 3.05) is 0 Å². The fourth-order valence-corrected chi connectivity index (χ4v) is 1.55. The maximum absolute atomic E-state index is 11.5. The van der Waals surface area contributed by atoms with E-state index in [-0.39, 0.29) is 5.75 Å². The normalized spacial score (nSPS) is 20.1. The summed E-state index contributed by atoms with van der Waals surface area (Å²) in [6.07, 6.45) is 0.360. The van der Waals surface area contributed by atoms with Gasteiger partial charge in [-0.25, -0.2) is 10.6 Å². The zero-order valence-corrected chi connectivity index (χ0v) is 8.38. The zero-order chi connectivity index (χ0) is 11.7. The van der Waals surface area contributed by atoms with E-state index in [1.165, 1.54) is 12.1 Å². The molecule has 1 aromatic rings. The van der Waals surface area contributed by atoms with Crippen molar-refractivity contribution in [3.63, 3.8) is 0 Å². The lowest BCUT2D eigenvalue weighted by molar-refractivity contribution is -0.127. The lowest BCUT2D eigenvalue weighted by atomic mass is 10.1. The van der Waals surface area contributed by atoms with Crippen LogP contribution in [-0.2, 0) is 11.2 Å². The molecule has 1 fully saturated rings. The number of amides is 3. The minimum absolute atomic E-state index is 0.158. The van der Waals surface area contributed by atoms with E-state index in [0.29, 0.717) is 11.4 Å². The number of benzene rings is 1. The van der Waals surface area contributed by atoms with Crippen molar-refractivity contribution in [3.05, 3.63) is 29.8 Å². The van der Waals surface area contributed by atoms with Gasteiger partial charge in [-0.3, -0.25) is 4.79 Å². The number of phenolic OH excluding ortho intramolecular Hbond substituents is 1. The summed E-state index contributed by atoms with van der Waals surface area (Å²) in [4.78, 5) is 22.5. The van der Waals surface area contributed by atoms with Crippen LogP contribution in [0.4, 0.5) is 4.79 Å². The molecule has 2 rings (SSSR count). The highest BCUT2D eigenvalue weighted by Gasteiger charge is 2.35. The lowest BCUT2D eigenvalue weighted by Gasteiger charge is -2.07. The molecule has 1 heterocycles. The van der Waals surface area contributed by atoms with E-state index in [4.69, 9.17) is 10.9 Å². The molecule has 1 saturated heterocycles. The SMILES string of the molecule is NN1C(=O)NC(Cc2ccc(O)cc2)C1=O. The first-order chi connectivity index (χ1) is 7.58. The number of hydrazine groups is 1. The number of aromatic hydroxyl groups is 1. The number of carbonyl (C=O) groups excluding carboxylic acids is 2. The lowest BCUT2D eigenvalue weighted by Crippen LogP contribution is -2.38. The highest BCUT2D eigenvalue weighted by atomic mass is 16.3. The van der Waals surface area contributed by atoms with E-state index < -0.39 is 18.0 Å². The smallest absolute Gasteiger partial charge is 0.339 e. The molecule has 0 bridgehead atoms. The molecule has 6 heteroatoms. The van der Waals surface area contributed by atoms with Crippen molar-refractivity contribution in [1.29, 1.82) is 0 Å². The van der Waals surface area contributed by atoms with Gasteiger partial charge in [0.15, 0.2) is 0 Å². The second kappa shape index (κ2) is 3.82. The van der Waals surface area contributed by atoms with Crippen LogP contribution in [0, 0.1) is 0 Å². The Hall–Kier alpha value is -2.08. The number of rotatable bonds is 2. The van der Waals surface area contributed by atoms with Crippen LogP contribution in [0.15, 0.2) is 24.3 Å². The molecule has 1 aliphatic rings. The van der Waals surface area contributed by atoms with Crippen LogP contribution in [0.3, 0.4) is 0 Å². The summed E-state index contributed by atoms with van der Waals surface area (Å²) in [6.45, 7) is 0. The molecule has 0 radical (unpaired) electrons. The summed E-state index contributed by atoms with van der Waals surface area (Å²) < 4.78 is 0. The number of urea groups is 1. The van der Waals surface area contributed by atoms with Crippen molar-refractivity contribution in [2.45, 2.75) is 12.5 Å². The maximum atomic E-state index is 11.5. The molecular weight excluding hydrogens is 210 g/mol. The minimum atomic E-state index is -0.623. The summed E-state index contributed by atoms with van der Waals surface area (Å²) >= 11 is 0. The molecule has 0 aliphatic carbocycles. The van der Waals surface area contributed by atoms with Gasteiger partial charge in [-0.2, -0.15) is 5.01 Å². The third-order valence-corrected chi connectivity index (χ3v) is 2.43. The number of carbonyl (C=O) groups is 2. The molecule has 0 aromatic heterocycles. The average molecular weight is 221 g/mol. The highest BCUT2D eigenvalue weighted by molar-refractivity contribution is 6.03. The first-order valence-electron chi connectivity index (χ1n) is 4.75. The van der Waals surface area contributed by atoms with Gasteiger partial charge in [-0.15, -0.1) is 0 Å². The third-order valence-electron chi connectivity index (χ3n) is 2.43. The largest absolute Gasteiger partial charge is 0.508 e. The van der Waals surface area contributed by atoms with Gasteiger partial charge in [0, 0.05) is 6.42 Å². The standard InChI is InChI=1S/C10H11N3O3/c11-13-9(15)8(12-10(13)16)5-6-1-3-7(14)4-2-6/h1-4,8,14H,5,11H2,(H,12,16). The molecule has 16 heavy (non-hydrogen) atoms.